The van der Waals surface area contributed by atoms with Crippen molar-refractivity contribution >= 4 is 93.9 Å². The predicted octanol–water partition coefficient (Wildman–Crippen LogP) is 16.8. The molecule has 5 nitrogen and oxygen atoms in total. The highest BCUT2D eigenvalue weighted by atomic mass is 16.6. The molecule has 0 atom stereocenters. The Labute approximate surface area is 400 Å². The number of fused-ring (bicyclic) bond motifs is 12. The van der Waals surface area contributed by atoms with Gasteiger partial charge < -0.3 is 14.2 Å². The zero-order valence-electron chi connectivity index (χ0n) is 39.6. The van der Waals surface area contributed by atoms with Gasteiger partial charge in [-0.3, -0.25) is 0 Å². The Bertz CT molecular complexity index is 3960. The van der Waals surface area contributed by atoms with Gasteiger partial charge in [-0.2, -0.15) is 0 Å². The third-order valence-corrected chi connectivity index (χ3v) is 16.5. The van der Waals surface area contributed by atoms with Gasteiger partial charge in [0, 0.05) is 50.6 Å². The van der Waals surface area contributed by atoms with Gasteiger partial charge in [0.25, 0.3) is 0 Å². The summed E-state index contributed by atoms with van der Waals surface area (Å²) in [4.78, 5) is 28.8. The average Bonchev–Trinajstić information content (AvgIpc) is 3.89. The fourth-order valence-electron chi connectivity index (χ4n) is 13.2. The van der Waals surface area contributed by atoms with Crippen LogP contribution in [-0.2, 0) is 22.1 Å². The zero-order chi connectivity index (χ0) is 46.7. The van der Waals surface area contributed by atoms with E-state index in [2.05, 4.69) is 178 Å². The Morgan fingerprint density at radius 3 is 1.58 bits per heavy atom. The molecule has 0 N–H and O–H groups in total. The van der Waals surface area contributed by atoms with Crippen molar-refractivity contribution in [3.05, 3.63) is 185 Å². The molecular weight excluding hydrogens is 845 g/mol. The van der Waals surface area contributed by atoms with Crippen molar-refractivity contribution in [2.75, 3.05) is 4.90 Å². The summed E-state index contributed by atoms with van der Waals surface area (Å²) >= 11 is 0. The van der Waals surface area contributed by atoms with E-state index in [0.717, 1.165) is 63.4 Å². The number of cyclic esters (lactones) is 2. The average molecular weight is 895 g/mol. The van der Waals surface area contributed by atoms with Crippen molar-refractivity contribution in [3.8, 4) is 22.3 Å². The van der Waals surface area contributed by atoms with Gasteiger partial charge in [-0.15, -0.1) is 0 Å². The number of aromatic nitrogens is 1. The second kappa shape index (κ2) is 14.1. The van der Waals surface area contributed by atoms with Gasteiger partial charge in [0.1, 0.15) is 0 Å². The lowest BCUT2D eigenvalue weighted by atomic mass is 9.82. The molecule has 0 saturated heterocycles. The van der Waals surface area contributed by atoms with Crippen molar-refractivity contribution < 1.29 is 14.3 Å². The minimum Gasteiger partial charge on any atom is -0.386 e. The minimum atomic E-state index is -0.588. The number of carbonyl (C=O) groups is 2. The number of anilines is 3. The molecule has 69 heavy (non-hydrogen) atoms. The highest BCUT2D eigenvalue weighted by molar-refractivity contribution is 6.40. The largest absolute Gasteiger partial charge is 0.386 e. The highest BCUT2D eigenvalue weighted by Crippen LogP contribution is 2.54. The van der Waals surface area contributed by atoms with Gasteiger partial charge in [0.2, 0.25) is 0 Å². The molecule has 0 fully saturated rings. The van der Waals surface area contributed by atoms with Crippen molar-refractivity contribution in [2.24, 2.45) is 0 Å². The smallest absolute Gasteiger partial charge is 0.346 e. The molecule has 0 radical (unpaired) electrons. The van der Waals surface area contributed by atoms with Crippen LogP contribution >= 0.6 is 0 Å². The van der Waals surface area contributed by atoms with Gasteiger partial charge in [0.15, 0.2) is 0 Å². The second-order valence-electron chi connectivity index (χ2n) is 20.8. The molecule has 2 heterocycles. The van der Waals surface area contributed by atoms with Crippen LogP contribution in [0.2, 0.25) is 0 Å². The van der Waals surface area contributed by atoms with Crippen LogP contribution in [0.4, 0.5) is 17.1 Å². The van der Waals surface area contributed by atoms with E-state index in [-0.39, 0.29) is 10.8 Å². The lowest BCUT2D eigenvalue weighted by Gasteiger charge is -2.30. The SMILES string of the molecule is CCCCCCn1c2cc(N(c3ccc4c(c3)C(C)(C)c3ccccc3-4)c3ccc4c(c3)C(C)(C)c3ccccc3-4)ccc2c2c3cccc4c5ccc6c7c(ccc(c(cc21)c43)c75)C(=O)OC6=O. The Kier molecular flexibility index (Phi) is 8.27. The Morgan fingerprint density at radius 1 is 0.420 bits per heavy atom. The Balaban J connectivity index is 1.04. The monoisotopic (exact) mass is 894 g/mol. The van der Waals surface area contributed by atoms with E-state index in [0.29, 0.717) is 16.5 Å². The minimum absolute atomic E-state index is 0.158. The van der Waals surface area contributed by atoms with Crippen LogP contribution in [0.3, 0.4) is 0 Å². The lowest BCUT2D eigenvalue weighted by Crippen LogP contribution is -2.19. The predicted molar refractivity (Wildman–Crippen MR) is 284 cm³/mol. The number of esters is 2. The highest BCUT2D eigenvalue weighted by Gasteiger charge is 2.38. The van der Waals surface area contributed by atoms with E-state index in [1.807, 2.05) is 18.2 Å². The molecule has 334 valence electrons. The zero-order valence-corrected chi connectivity index (χ0v) is 39.6. The summed E-state index contributed by atoms with van der Waals surface area (Å²) in [5, 5.41) is 10.8. The molecule has 1 aliphatic heterocycles. The number of benzene rings is 10. The maximum Gasteiger partial charge on any atom is 0.346 e. The first-order valence-corrected chi connectivity index (χ1v) is 24.7. The standard InChI is InChI=1S/C64H50N2O3/c1-6-7-8-13-31-65-55-34-38(23-26-46(55)58-47-18-14-17-43-44-27-29-48-60-49(62(68)69-61(48)67)30-28-45(59(44)60)50(57(43)47)35-56(58)65)66(36-21-24-41-39-15-9-11-19-51(39)63(2,3)53(41)32-36)37-22-25-42-40-16-10-12-20-52(40)64(4,5)54(42)33-37/h9-12,14-30,32-35H,6-8,13,31H2,1-5H3. The topological polar surface area (TPSA) is 51.5 Å². The van der Waals surface area contributed by atoms with Gasteiger partial charge in [0.05, 0.1) is 22.2 Å². The molecule has 5 heteroatoms. The van der Waals surface area contributed by atoms with Crippen molar-refractivity contribution in [1.29, 1.82) is 0 Å². The molecule has 0 saturated carbocycles. The number of nitrogens with zero attached hydrogens (tertiary/aromatic N) is 2. The number of aryl methyl sites for hydroxylation is 1. The summed E-state index contributed by atoms with van der Waals surface area (Å²) in [6.07, 6.45) is 4.56. The number of hydrogen-bond donors (Lipinski definition) is 0. The molecule has 14 rings (SSSR count). The summed E-state index contributed by atoms with van der Waals surface area (Å²) in [6, 6.07) is 56.0. The first-order chi connectivity index (χ1) is 33.5. The second-order valence-corrected chi connectivity index (χ2v) is 20.8. The van der Waals surface area contributed by atoms with E-state index in [4.69, 9.17) is 4.74 Å². The van der Waals surface area contributed by atoms with E-state index >= 15 is 0 Å². The van der Waals surface area contributed by atoms with E-state index in [9.17, 15) is 9.59 Å². The third kappa shape index (κ3) is 5.36. The Morgan fingerprint density at radius 2 is 0.942 bits per heavy atom. The summed E-state index contributed by atoms with van der Waals surface area (Å²) in [6.45, 7) is 12.6. The van der Waals surface area contributed by atoms with Gasteiger partial charge in [-0.05, 0) is 143 Å². The van der Waals surface area contributed by atoms with Crippen LogP contribution in [0, 0.1) is 0 Å². The van der Waals surface area contributed by atoms with Crippen molar-refractivity contribution in [2.45, 2.75) is 77.7 Å². The van der Waals surface area contributed by atoms with Crippen molar-refractivity contribution in [3.63, 3.8) is 0 Å². The molecule has 0 bridgehead atoms. The molecule has 0 unspecified atom stereocenters. The summed E-state index contributed by atoms with van der Waals surface area (Å²) in [5.41, 5.74) is 17.0. The number of hydrogen-bond acceptors (Lipinski definition) is 4. The first-order valence-electron chi connectivity index (χ1n) is 24.7. The van der Waals surface area contributed by atoms with Crippen LogP contribution in [0.1, 0.15) is 103 Å². The first kappa shape index (κ1) is 40.3. The number of unbranched alkanes of at least 4 members (excludes halogenated alkanes) is 3. The van der Waals surface area contributed by atoms with Crippen LogP contribution in [0.25, 0.3) is 87.1 Å². The fraction of sp³-hybridized carbons (Fsp3) is 0.188. The van der Waals surface area contributed by atoms with E-state index < -0.39 is 11.9 Å². The quantitative estimate of drug-likeness (QED) is 0.0501. The van der Waals surface area contributed by atoms with Crippen LogP contribution in [-0.4, -0.2) is 16.5 Å². The number of rotatable bonds is 8. The van der Waals surface area contributed by atoms with Crippen LogP contribution in [0.5, 0.6) is 0 Å². The van der Waals surface area contributed by atoms with Gasteiger partial charge >= 0.3 is 11.9 Å². The summed E-state index contributed by atoms with van der Waals surface area (Å²) in [5.74, 6) is -1.18. The van der Waals surface area contributed by atoms with E-state index in [1.54, 1.807) is 0 Å². The lowest BCUT2D eigenvalue weighted by molar-refractivity contribution is 0.0391. The molecule has 0 spiro atoms. The summed E-state index contributed by atoms with van der Waals surface area (Å²) < 4.78 is 7.79. The van der Waals surface area contributed by atoms with Gasteiger partial charge in [-0.25, -0.2) is 9.59 Å². The molecule has 1 aromatic heterocycles. The Hall–Kier alpha value is -7.76. The molecule has 0 amide bonds. The molecular formula is C64H50N2O3. The number of carbonyl (C=O) groups excluding carboxylic acids is 2. The van der Waals surface area contributed by atoms with E-state index in [1.165, 1.54) is 89.9 Å². The maximum atomic E-state index is 13.2. The van der Waals surface area contributed by atoms with Crippen LogP contribution in [0.15, 0.2) is 152 Å². The number of ether oxygens (including phenoxy) is 1. The molecule has 10 aromatic carbocycles. The van der Waals surface area contributed by atoms with Gasteiger partial charge in [-0.1, -0.05) is 151 Å². The van der Waals surface area contributed by atoms with Crippen molar-refractivity contribution in [1.82, 2.24) is 4.57 Å². The molecule has 2 aliphatic carbocycles. The molecule has 3 aliphatic rings. The maximum absolute atomic E-state index is 13.2. The molecule has 11 aromatic rings. The van der Waals surface area contributed by atoms with Crippen LogP contribution < -0.4 is 4.90 Å². The fourth-order valence-corrected chi connectivity index (χ4v) is 13.2. The normalized spacial score (nSPS) is 15.1. The summed E-state index contributed by atoms with van der Waals surface area (Å²) in [7, 11) is 0. The third-order valence-electron chi connectivity index (χ3n) is 16.5.